The van der Waals surface area contributed by atoms with E-state index in [4.69, 9.17) is 0 Å². The number of carboxylic acid groups (broad SMARTS) is 1. The van der Waals surface area contributed by atoms with Gasteiger partial charge in [0.25, 0.3) is 0 Å². The number of phenolic OH excluding ortho intramolecular Hbond substituents is 2. The number of aromatic hydroxyl groups is 2. The number of benzene rings is 2. The fourth-order valence-electron chi connectivity index (χ4n) is 4.54. The first-order valence-electron chi connectivity index (χ1n) is 9.22. The molecule has 4 rings (SSSR count). The second-order valence-corrected chi connectivity index (χ2v) is 7.76. The van der Waals surface area contributed by atoms with Crippen molar-refractivity contribution in [3.05, 3.63) is 59.7 Å². The highest BCUT2D eigenvalue weighted by atomic mass is 16.4. The lowest BCUT2D eigenvalue weighted by molar-refractivity contribution is -0.735. The maximum absolute atomic E-state index is 13.2. The third kappa shape index (κ3) is 2.84. The Labute approximate surface area is 166 Å². The number of fused-ring (bicyclic) bond motifs is 1. The van der Waals surface area contributed by atoms with Crippen LogP contribution in [0, 0.1) is 11.8 Å². The summed E-state index contributed by atoms with van der Waals surface area (Å²) in [5, 5.41) is 33.2. The molecule has 4 atom stereocenters. The number of amides is 2. The molecule has 2 aromatic carbocycles. The summed E-state index contributed by atoms with van der Waals surface area (Å²) in [6, 6.07) is 12.0. The number of hydrogen-bond donors (Lipinski definition) is 3. The number of phenols is 2. The van der Waals surface area contributed by atoms with Crippen molar-refractivity contribution >= 4 is 17.8 Å². The van der Waals surface area contributed by atoms with Crippen LogP contribution in [0.15, 0.2) is 48.5 Å². The molecule has 2 amide bonds. The Bertz CT molecular complexity index is 1010. The van der Waals surface area contributed by atoms with Crippen molar-refractivity contribution in [2.24, 2.45) is 11.8 Å². The number of carboxylic acids is 1. The van der Waals surface area contributed by atoms with Crippen LogP contribution in [0.3, 0.4) is 0 Å². The number of hydrogen-bond acceptors (Lipinski definition) is 6. The van der Waals surface area contributed by atoms with Gasteiger partial charge in [0, 0.05) is 6.07 Å². The van der Waals surface area contributed by atoms with Gasteiger partial charge in [0.05, 0.1) is 12.1 Å². The Balaban J connectivity index is 1.77. The van der Waals surface area contributed by atoms with Crippen molar-refractivity contribution in [2.75, 3.05) is 0 Å². The van der Waals surface area contributed by atoms with Crippen LogP contribution < -0.4 is 10.4 Å². The molecule has 29 heavy (non-hydrogen) atoms. The highest BCUT2D eigenvalue weighted by Gasteiger charge is 2.68. The van der Waals surface area contributed by atoms with E-state index in [1.54, 1.807) is 24.3 Å². The van der Waals surface area contributed by atoms with Crippen LogP contribution in [0.4, 0.5) is 0 Å². The highest BCUT2D eigenvalue weighted by Crippen LogP contribution is 2.46. The summed E-state index contributed by atoms with van der Waals surface area (Å²) in [5.74, 6) is -5.02. The molecule has 2 aliphatic heterocycles. The first-order chi connectivity index (χ1) is 13.7. The number of quaternary nitrogens is 1. The summed E-state index contributed by atoms with van der Waals surface area (Å²) in [6.07, 6.45) is 0. The topological polar surface area (TPSA) is 135 Å². The Morgan fingerprint density at radius 3 is 2.45 bits per heavy atom. The summed E-state index contributed by atoms with van der Waals surface area (Å²) in [4.78, 5) is 39.4. The number of nitrogens with two attached hydrogens (primary N) is 1. The molecule has 2 aliphatic rings. The second-order valence-electron chi connectivity index (χ2n) is 7.76. The number of imide groups is 1. The van der Waals surface area contributed by atoms with Crippen LogP contribution >= 0.6 is 0 Å². The Hall–Kier alpha value is -3.39. The third-order valence-electron chi connectivity index (χ3n) is 6.00. The molecule has 8 nitrogen and oxygen atoms in total. The van der Waals surface area contributed by atoms with Crippen LogP contribution in [-0.2, 0) is 20.9 Å². The minimum absolute atomic E-state index is 0.0446. The molecular weight excluding hydrogens is 376 g/mol. The van der Waals surface area contributed by atoms with Crippen molar-refractivity contribution in [1.82, 2.24) is 4.90 Å². The maximum atomic E-state index is 13.2. The van der Waals surface area contributed by atoms with E-state index in [0.29, 0.717) is 0 Å². The van der Waals surface area contributed by atoms with E-state index in [1.165, 1.54) is 24.4 Å². The minimum atomic E-state index is -1.67. The molecule has 0 radical (unpaired) electrons. The molecule has 2 saturated heterocycles. The number of carbonyl (C=O) groups is 3. The number of aliphatic carboxylic acids is 1. The van der Waals surface area contributed by atoms with Crippen LogP contribution in [0.25, 0.3) is 0 Å². The largest absolute Gasteiger partial charge is 0.544 e. The zero-order valence-electron chi connectivity index (χ0n) is 15.6. The van der Waals surface area contributed by atoms with Gasteiger partial charge in [-0.15, -0.1) is 0 Å². The second kappa shape index (κ2) is 6.59. The molecule has 4 N–H and O–H groups in total. The standard InChI is InChI=1S/C21H20N2O6/c1-21(20(28)29)16-15(17(22-21)13-8-7-12(24)9-14(13)25)18(26)23(19(16)27)10-11-5-3-2-4-6-11/h2-9,15-17,22,24-25H,10H2,1H3,(H,28,29)/t15-,16+,17-,21+/m0/s1. The van der Waals surface area contributed by atoms with Gasteiger partial charge in [-0.3, -0.25) is 14.5 Å². The smallest absolute Gasteiger partial charge is 0.240 e. The Morgan fingerprint density at radius 1 is 1.14 bits per heavy atom. The van der Waals surface area contributed by atoms with Gasteiger partial charge in [-0.05, 0) is 24.6 Å². The maximum Gasteiger partial charge on any atom is 0.240 e. The Kier molecular flexibility index (Phi) is 4.31. The lowest BCUT2D eigenvalue weighted by atomic mass is 9.80. The van der Waals surface area contributed by atoms with Crippen LogP contribution in [0.1, 0.15) is 24.1 Å². The number of nitrogens with zero attached hydrogens (tertiary/aromatic N) is 1. The van der Waals surface area contributed by atoms with Crippen molar-refractivity contribution in [3.63, 3.8) is 0 Å². The molecule has 2 fully saturated rings. The van der Waals surface area contributed by atoms with Crippen molar-refractivity contribution < 1.29 is 35.0 Å². The molecule has 8 heteroatoms. The quantitative estimate of drug-likeness (QED) is 0.569. The van der Waals surface area contributed by atoms with Crippen LogP contribution in [0.5, 0.6) is 11.5 Å². The minimum Gasteiger partial charge on any atom is -0.544 e. The lowest BCUT2D eigenvalue weighted by Gasteiger charge is -2.29. The molecule has 150 valence electrons. The molecule has 0 bridgehead atoms. The normalized spacial score (nSPS) is 28.6. The monoisotopic (exact) mass is 396 g/mol. The molecular formula is C21H20N2O6. The van der Waals surface area contributed by atoms with Gasteiger partial charge in [0.1, 0.15) is 40.9 Å². The van der Waals surface area contributed by atoms with Crippen molar-refractivity contribution in [2.45, 2.75) is 25.0 Å². The molecule has 2 aromatic rings. The predicted octanol–water partition coefficient (Wildman–Crippen LogP) is -0.974. The first-order valence-corrected chi connectivity index (χ1v) is 9.22. The fourth-order valence-corrected chi connectivity index (χ4v) is 4.54. The summed E-state index contributed by atoms with van der Waals surface area (Å²) < 4.78 is 0. The number of likely N-dealkylation sites (tertiary alicyclic amines) is 1. The summed E-state index contributed by atoms with van der Waals surface area (Å²) in [6.45, 7) is 1.41. The predicted molar refractivity (Wildman–Crippen MR) is 96.8 cm³/mol. The zero-order chi connectivity index (χ0) is 20.9. The average molecular weight is 396 g/mol. The lowest BCUT2D eigenvalue weighted by Crippen LogP contribution is -2.98. The summed E-state index contributed by atoms with van der Waals surface area (Å²) in [7, 11) is 0. The van der Waals surface area contributed by atoms with E-state index in [0.717, 1.165) is 16.5 Å². The van der Waals surface area contributed by atoms with Gasteiger partial charge in [0.2, 0.25) is 11.8 Å². The molecule has 0 aliphatic carbocycles. The van der Waals surface area contributed by atoms with Crippen molar-refractivity contribution in [1.29, 1.82) is 0 Å². The first kappa shape index (κ1) is 18.9. The fraction of sp³-hybridized carbons (Fsp3) is 0.286. The van der Waals surface area contributed by atoms with E-state index in [9.17, 15) is 29.7 Å². The van der Waals surface area contributed by atoms with E-state index < -0.39 is 41.2 Å². The van der Waals surface area contributed by atoms with Gasteiger partial charge >= 0.3 is 0 Å². The molecule has 0 aromatic heterocycles. The third-order valence-corrected chi connectivity index (χ3v) is 6.00. The number of carbonyl (C=O) groups excluding carboxylic acids is 3. The van der Waals surface area contributed by atoms with Gasteiger partial charge in [-0.25, -0.2) is 0 Å². The van der Waals surface area contributed by atoms with E-state index >= 15 is 0 Å². The van der Waals surface area contributed by atoms with Crippen LogP contribution in [0.2, 0.25) is 0 Å². The number of rotatable bonds is 4. The zero-order valence-corrected chi connectivity index (χ0v) is 15.6. The molecule has 2 heterocycles. The Morgan fingerprint density at radius 2 is 1.83 bits per heavy atom. The highest BCUT2D eigenvalue weighted by molar-refractivity contribution is 6.08. The van der Waals surface area contributed by atoms with Gasteiger partial charge < -0.3 is 25.4 Å². The van der Waals surface area contributed by atoms with E-state index in [1.807, 2.05) is 6.07 Å². The van der Waals surface area contributed by atoms with Gasteiger partial charge in [-0.1, -0.05) is 30.3 Å². The van der Waals surface area contributed by atoms with Gasteiger partial charge in [0.15, 0.2) is 0 Å². The van der Waals surface area contributed by atoms with Gasteiger partial charge in [-0.2, -0.15) is 0 Å². The van der Waals surface area contributed by atoms with Crippen LogP contribution in [-0.4, -0.2) is 38.4 Å². The van der Waals surface area contributed by atoms with E-state index in [-0.39, 0.29) is 23.6 Å². The molecule has 0 spiro atoms. The molecule has 0 unspecified atom stereocenters. The summed E-state index contributed by atoms with van der Waals surface area (Å²) in [5.41, 5.74) is -0.638. The van der Waals surface area contributed by atoms with Crippen molar-refractivity contribution in [3.8, 4) is 11.5 Å². The summed E-state index contributed by atoms with van der Waals surface area (Å²) >= 11 is 0. The SMILES string of the molecule is C[C@@]1(C(=O)[O-])[NH2+][C@@H](c2ccc(O)cc2O)[C@H]2C(=O)N(Cc3ccccc3)C(=O)[C@@H]21. The average Bonchev–Trinajstić information content (AvgIpc) is 3.12. The molecule has 0 saturated carbocycles. The van der Waals surface area contributed by atoms with E-state index in [2.05, 4.69) is 0 Å².